The number of anilines is 1. The molecule has 1 aliphatic rings. The zero-order valence-electron chi connectivity index (χ0n) is 13.6. The Morgan fingerprint density at radius 1 is 1.23 bits per heavy atom. The number of amides is 1. The number of oxazole rings is 1. The molecule has 1 amide bonds. The molecule has 4 rings (SSSR count). The average molecular weight is 366 g/mol. The summed E-state index contributed by atoms with van der Waals surface area (Å²) in [5.74, 6) is 0.729. The molecule has 0 saturated carbocycles. The van der Waals surface area contributed by atoms with Crippen LogP contribution in [0.4, 0.5) is 5.69 Å². The first-order valence-electron chi connectivity index (χ1n) is 7.93. The van der Waals surface area contributed by atoms with E-state index in [2.05, 4.69) is 10.3 Å². The number of thioether (sulfide) groups is 1. The van der Waals surface area contributed by atoms with Gasteiger partial charge in [-0.2, -0.15) is 0 Å². The molecule has 0 spiro atoms. The minimum atomic E-state index is -0.503. The molecule has 2 heterocycles. The van der Waals surface area contributed by atoms with E-state index in [4.69, 9.17) is 9.15 Å². The Hall–Kier alpha value is -3.06. The summed E-state index contributed by atoms with van der Waals surface area (Å²) in [5.41, 5.74) is 1.89. The maximum absolute atomic E-state index is 12.3. The van der Waals surface area contributed by atoms with Crippen molar-refractivity contribution in [2.45, 2.75) is 11.5 Å². The summed E-state index contributed by atoms with van der Waals surface area (Å²) < 4.78 is 10.9. The first-order valence-corrected chi connectivity index (χ1v) is 8.91. The minimum absolute atomic E-state index is 0.0656. The van der Waals surface area contributed by atoms with Crippen molar-refractivity contribution in [1.29, 1.82) is 0 Å². The number of carbonyl (C=O) groups excluding carboxylic acids is 2. The molecule has 6 nitrogen and oxygen atoms in total. The number of carbonyl (C=O) groups is 2. The summed E-state index contributed by atoms with van der Waals surface area (Å²) in [7, 11) is 0. The van der Waals surface area contributed by atoms with Gasteiger partial charge in [0.2, 0.25) is 11.8 Å². The van der Waals surface area contributed by atoms with Crippen LogP contribution in [-0.4, -0.2) is 22.6 Å². The normalized spacial score (nSPS) is 13.0. The van der Waals surface area contributed by atoms with Crippen LogP contribution in [-0.2, 0) is 16.1 Å². The molecule has 0 fully saturated rings. The van der Waals surface area contributed by atoms with Crippen molar-refractivity contribution >= 4 is 29.3 Å². The largest absolute Gasteiger partial charge is 0.452 e. The van der Waals surface area contributed by atoms with Gasteiger partial charge >= 0.3 is 5.97 Å². The Morgan fingerprint density at radius 3 is 2.92 bits per heavy atom. The summed E-state index contributed by atoms with van der Waals surface area (Å²) in [6.45, 7) is -0.0656. The maximum Gasteiger partial charge on any atom is 0.338 e. The predicted octanol–water partition coefficient (Wildman–Crippen LogP) is 3.74. The van der Waals surface area contributed by atoms with Gasteiger partial charge < -0.3 is 14.5 Å². The Balaban J connectivity index is 1.42. The van der Waals surface area contributed by atoms with E-state index in [0.29, 0.717) is 28.7 Å². The maximum atomic E-state index is 12.3. The Kier molecular flexibility index (Phi) is 4.45. The molecule has 26 heavy (non-hydrogen) atoms. The molecule has 0 saturated heterocycles. The van der Waals surface area contributed by atoms with E-state index in [0.717, 1.165) is 10.5 Å². The summed E-state index contributed by atoms with van der Waals surface area (Å²) in [6.07, 6.45) is 1.60. The van der Waals surface area contributed by atoms with Crippen molar-refractivity contribution in [3.8, 4) is 11.3 Å². The fourth-order valence-corrected chi connectivity index (χ4v) is 3.32. The molecule has 0 unspecified atom stereocenters. The smallest absolute Gasteiger partial charge is 0.338 e. The van der Waals surface area contributed by atoms with Crippen molar-refractivity contribution in [1.82, 2.24) is 4.98 Å². The van der Waals surface area contributed by atoms with Crippen molar-refractivity contribution in [3.63, 3.8) is 0 Å². The van der Waals surface area contributed by atoms with Gasteiger partial charge in [0.05, 0.1) is 23.2 Å². The van der Waals surface area contributed by atoms with E-state index in [9.17, 15) is 9.59 Å². The fraction of sp³-hybridized carbons (Fsp3) is 0.105. The molecule has 1 aromatic heterocycles. The molecule has 2 aromatic carbocycles. The van der Waals surface area contributed by atoms with E-state index in [1.165, 1.54) is 11.8 Å². The van der Waals surface area contributed by atoms with Gasteiger partial charge in [-0.1, -0.05) is 30.3 Å². The molecule has 0 radical (unpaired) electrons. The number of aromatic nitrogens is 1. The third-order valence-corrected chi connectivity index (χ3v) is 4.86. The molecule has 130 valence electrons. The van der Waals surface area contributed by atoms with Crippen LogP contribution >= 0.6 is 11.8 Å². The van der Waals surface area contributed by atoms with Gasteiger partial charge in [0.15, 0.2) is 12.4 Å². The molecular formula is C19H14N2O4S. The molecule has 7 heteroatoms. The quantitative estimate of drug-likeness (QED) is 0.709. The van der Waals surface area contributed by atoms with Gasteiger partial charge in [-0.05, 0) is 18.2 Å². The van der Waals surface area contributed by atoms with Gasteiger partial charge in [-0.15, -0.1) is 11.8 Å². The molecule has 0 aliphatic carbocycles. The van der Waals surface area contributed by atoms with Crippen LogP contribution in [0, 0.1) is 0 Å². The first-order chi connectivity index (χ1) is 12.7. The molecule has 1 N–H and O–H groups in total. The summed E-state index contributed by atoms with van der Waals surface area (Å²) in [6, 6.07) is 14.7. The van der Waals surface area contributed by atoms with Gasteiger partial charge in [0.25, 0.3) is 0 Å². The second kappa shape index (κ2) is 7.05. The van der Waals surface area contributed by atoms with Gasteiger partial charge in [0, 0.05) is 10.5 Å². The Bertz CT molecular complexity index is 969. The summed E-state index contributed by atoms with van der Waals surface area (Å²) in [5, 5.41) is 2.75. The minimum Gasteiger partial charge on any atom is -0.452 e. The number of esters is 1. The topological polar surface area (TPSA) is 81.4 Å². The standard InChI is InChI=1S/C19H14N2O4S/c22-17-11-26-16-7-6-13(8-14(16)21-17)19(23)24-10-18-20-9-15(25-18)12-4-2-1-3-5-12/h1-9H,10-11H2,(H,21,22). The number of nitrogens with zero attached hydrogens (tertiary/aromatic N) is 1. The third kappa shape index (κ3) is 3.48. The molecule has 0 bridgehead atoms. The monoisotopic (exact) mass is 366 g/mol. The number of nitrogens with one attached hydrogen (secondary N) is 1. The number of fused-ring (bicyclic) bond motifs is 1. The molecular weight excluding hydrogens is 352 g/mol. The van der Waals surface area contributed by atoms with Crippen molar-refractivity contribution in [2.75, 3.05) is 11.1 Å². The van der Waals surface area contributed by atoms with Crippen molar-refractivity contribution in [2.24, 2.45) is 0 Å². The highest BCUT2D eigenvalue weighted by molar-refractivity contribution is 8.00. The predicted molar refractivity (Wildman–Crippen MR) is 96.9 cm³/mol. The van der Waals surface area contributed by atoms with Crippen LogP contribution in [0.15, 0.2) is 64.0 Å². The number of ether oxygens (including phenoxy) is 1. The lowest BCUT2D eigenvalue weighted by molar-refractivity contribution is -0.113. The fourth-order valence-electron chi connectivity index (χ4n) is 2.53. The van der Waals surface area contributed by atoms with Gasteiger partial charge in [0.1, 0.15) is 0 Å². The number of benzene rings is 2. The SMILES string of the molecule is O=C1CSc2ccc(C(=O)OCc3ncc(-c4ccccc4)o3)cc2N1. The van der Waals surface area contributed by atoms with Crippen LogP contribution in [0.3, 0.4) is 0 Å². The van der Waals surface area contributed by atoms with Crippen LogP contribution < -0.4 is 5.32 Å². The highest BCUT2D eigenvalue weighted by Gasteiger charge is 2.18. The zero-order valence-corrected chi connectivity index (χ0v) is 14.4. The highest BCUT2D eigenvalue weighted by Crippen LogP contribution is 2.32. The van der Waals surface area contributed by atoms with Crippen LogP contribution in [0.5, 0.6) is 0 Å². The summed E-state index contributed by atoms with van der Waals surface area (Å²) >= 11 is 1.44. The lowest BCUT2D eigenvalue weighted by Gasteiger charge is -2.16. The van der Waals surface area contributed by atoms with Crippen molar-refractivity contribution in [3.05, 3.63) is 66.2 Å². The van der Waals surface area contributed by atoms with Crippen LogP contribution in [0.25, 0.3) is 11.3 Å². The average Bonchev–Trinajstić information content (AvgIpc) is 3.15. The zero-order chi connectivity index (χ0) is 17.9. The highest BCUT2D eigenvalue weighted by atomic mass is 32.2. The van der Waals surface area contributed by atoms with E-state index >= 15 is 0 Å². The van der Waals surface area contributed by atoms with Gasteiger partial charge in [-0.3, -0.25) is 4.79 Å². The van der Waals surface area contributed by atoms with Crippen LogP contribution in [0.1, 0.15) is 16.2 Å². The second-order valence-corrected chi connectivity index (χ2v) is 6.63. The van der Waals surface area contributed by atoms with E-state index in [1.807, 2.05) is 30.3 Å². The van der Waals surface area contributed by atoms with Gasteiger partial charge in [-0.25, -0.2) is 9.78 Å². The number of rotatable bonds is 4. The van der Waals surface area contributed by atoms with Crippen LogP contribution in [0.2, 0.25) is 0 Å². The molecule has 3 aromatic rings. The second-order valence-electron chi connectivity index (χ2n) is 5.61. The van der Waals surface area contributed by atoms with Crippen molar-refractivity contribution < 1.29 is 18.7 Å². The lowest BCUT2D eigenvalue weighted by Crippen LogP contribution is -2.19. The Labute approximate surface area is 153 Å². The molecule has 0 atom stereocenters. The summed E-state index contributed by atoms with van der Waals surface area (Å²) in [4.78, 5) is 28.8. The third-order valence-electron chi connectivity index (χ3n) is 3.79. The lowest BCUT2D eigenvalue weighted by atomic mass is 10.2. The number of hydrogen-bond acceptors (Lipinski definition) is 6. The van der Waals surface area contributed by atoms with E-state index in [-0.39, 0.29) is 12.5 Å². The Morgan fingerprint density at radius 2 is 2.08 bits per heavy atom. The van der Waals surface area contributed by atoms with E-state index < -0.39 is 5.97 Å². The van der Waals surface area contributed by atoms with E-state index in [1.54, 1.807) is 24.4 Å². The molecule has 1 aliphatic heterocycles. The number of hydrogen-bond donors (Lipinski definition) is 1. The first kappa shape index (κ1) is 16.4.